The van der Waals surface area contributed by atoms with Crippen LogP contribution in [0.2, 0.25) is 0 Å². The van der Waals surface area contributed by atoms with Crippen LogP contribution in [0.25, 0.3) is 0 Å². The Bertz CT molecular complexity index is 680. The standard InChI is InChI=1S/C13H19NO5S2/c15-8-11-1-3-12(4-2-11)10-21(18,19)14-7-13-5-6-20(16,17)9-13/h1-4,13-15H,5-10H2. The molecular formula is C13H19NO5S2. The van der Waals surface area contributed by atoms with Gasteiger partial charge in [0.1, 0.15) is 0 Å². The van der Waals surface area contributed by atoms with Crippen molar-refractivity contribution in [1.29, 1.82) is 0 Å². The van der Waals surface area contributed by atoms with Crippen molar-refractivity contribution in [2.24, 2.45) is 5.92 Å². The molecule has 0 aliphatic carbocycles. The Hall–Kier alpha value is -0.960. The van der Waals surface area contributed by atoms with Crippen LogP contribution in [-0.2, 0) is 32.2 Å². The lowest BCUT2D eigenvalue weighted by molar-refractivity contribution is 0.282. The third kappa shape index (κ3) is 5.06. The van der Waals surface area contributed by atoms with Crippen molar-refractivity contribution in [1.82, 2.24) is 4.72 Å². The molecule has 0 saturated carbocycles. The molecule has 1 saturated heterocycles. The van der Waals surface area contributed by atoms with E-state index < -0.39 is 19.9 Å². The summed E-state index contributed by atoms with van der Waals surface area (Å²) in [5.74, 6) is -0.0949. The number of rotatable bonds is 6. The van der Waals surface area contributed by atoms with E-state index in [-0.39, 0.29) is 36.3 Å². The van der Waals surface area contributed by atoms with Crippen molar-refractivity contribution >= 4 is 19.9 Å². The third-order valence-corrected chi connectivity index (χ3v) is 6.64. The largest absolute Gasteiger partial charge is 0.392 e. The zero-order valence-corrected chi connectivity index (χ0v) is 13.2. The minimum absolute atomic E-state index is 0.0563. The molecule has 8 heteroatoms. The fourth-order valence-corrected chi connectivity index (χ4v) is 5.37. The van der Waals surface area contributed by atoms with Crippen LogP contribution in [0, 0.1) is 5.92 Å². The molecule has 1 aromatic carbocycles. The zero-order valence-electron chi connectivity index (χ0n) is 11.5. The summed E-state index contributed by atoms with van der Waals surface area (Å²) in [4.78, 5) is 0. The number of hydrogen-bond acceptors (Lipinski definition) is 5. The van der Waals surface area contributed by atoms with Crippen LogP contribution in [0.4, 0.5) is 0 Å². The van der Waals surface area contributed by atoms with E-state index >= 15 is 0 Å². The molecule has 0 aromatic heterocycles. The average Bonchev–Trinajstić information content (AvgIpc) is 2.77. The minimum Gasteiger partial charge on any atom is -0.392 e. The SMILES string of the molecule is O=S1(=O)CCC(CNS(=O)(=O)Cc2ccc(CO)cc2)C1. The van der Waals surface area contributed by atoms with Gasteiger partial charge in [-0.1, -0.05) is 24.3 Å². The molecule has 6 nitrogen and oxygen atoms in total. The van der Waals surface area contributed by atoms with E-state index in [1.165, 1.54) is 0 Å². The van der Waals surface area contributed by atoms with Gasteiger partial charge in [-0.3, -0.25) is 0 Å². The smallest absolute Gasteiger partial charge is 0.215 e. The molecule has 1 aliphatic rings. The summed E-state index contributed by atoms with van der Waals surface area (Å²) in [6.45, 7) is 0.0811. The van der Waals surface area contributed by atoms with E-state index in [2.05, 4.69) is 4.72 Å². The molecule has 1 unspecified atom stereocenters. The first kappa shape index (κ1) is 16.4. The highest BCUT2D eigenvalue weighted by atomic mass is 32.2. The minimum atomic E-state index is -3.49. The molecule has 0 amide bonds. The van der Waals surface area contributed by atoms with Gasteiger partial charge in [0, 0.05) is 6.54 Å². The summed E-state index contributed by atoms with van der Waals surface area (Å²) in [6, 6.07) is 6.67. The normalized spacial score (nSPS) is 21.5. The van der Waals surface area contributed by atoms with Crippen LogP contribution in [0.15, 0.2) is 24.3 Å². The van der Waals surface area contributed by atoms with Crippen LogP contribution in [0.3, 0.4) is 0 Å². The van der Waals surface area contributed by atoms with Crippen molar-refractivity contribution in [3.8, 4) is 0 Å². The topological polar surface area (TPSA) is 101 Å². The Morgan fingerprint density at radius 1 is 1.19 bits per heavy atom. The first-order valence-electron chi connectivity index (χ1n) is 6.66. The van der Waals surface area contributed by atoms with Gasteiger partial charge in [0.05, 0.1) is 23.9 Å². The van der Waals surface area contributed by atoms with Crippen molar-refractivity contribution in [3.63, 3.8) is 0 Å². The van der Waals surface area contributed by atoms with Gasteiger partial charge in [-0.05, 0) is 23.5 Å². The number of hydrogen-bond donors (Lipinski definition) is 2. The van der Waals surface area contributed by atoms with Gasteiger partial charge < -0.3 is 5.11 Å². The molecule has 2 rings (SSSR count). The highest BCUT2D eigenvalue weighted by Crippen LogP contribution is 2.18. The number of aliphatic hydroxyl groups is 1. The molecule has 0 spiro atoms. The summed E-state index contributed by atoms with van der Waals surface area (Å²) in [5, 5.41) is 8.93. The monoisotopic (exact) mass is 333 g/mol. The number of sulfone groups is 1. The van der Waals surface area contributed by atoms with Crippen LogP contribution in [0.5, 0.6) is 0 Å². The van der Waals surface area contributed by atoms with Crippen LogP contribution >= 0.6 is 0 Å². The Kier molecular flexibility index (Phi) is 5.03. The van der Waals surface area contributed by atoms with Crippen molar-refractivity contribution < 1.29 is 21.9 Å². The number of benzene rings is 1. The van der Waals surface area contributed by atoms with E-state index in [0.717, 1.165) is 5.56 Å². The Balaban J connectivity index is 1.89. The quantitative estimate of drug-likeness (QED) is 0.765. The lowest BCUT2D eigenvalue weighted by Crippen LogP contribution is -2.30. The first-order chi connectivity index (χ1) is 9.80. The Morgan fingerprint density at radius 3 is 2.33 bits per heavy atom. The van der Waals surface area contributed by atoms with Crippen molar-refractivity contribution in [2.45, 2.75) is 18.8 Å². The molecule has 1 atom stereocenters. The van der Waals surface area contributed by atoms with Gasteiger partial charge in [0.25, 0.3) is 0 Å². The van der Waals surface area contributed by atoms with Gasteiger partial charge in [-0.2, -0.15) is 0 Å². The summed E-state index contributed by atoms with van der Waals surface area (Å²) >= 11 is 0. The summed E-state index contributed by atoms with van der Waals surface area (Å²) in [5.41, 5.74) is 1.35. The van der Waals surface area contributed by atoms with Gasteiger partial charge in [-0.25, -0.2) is 21.6 Å². The third-order valence-electron chi connectivity index (χ3n) is 3.48. The van der Waals surface area contributed by atoms with Crippen molar-refractivity contribution in [3.05, 3.63) is 35.4 Å². The molecular weight excluding hydrogens is 314 g/mol. The molecule has 1 aromatic rings. The number of nitrogens with one attached hydrogen (secondary N) is 1. The maximum atomic E-state index is 12.0. The molecule has 1 aliphatic heterocycles. The van der Waals surface area contributed by atoms with E-state index in [9.17, 15) is 16.8 Å². The van der Waals surface area contributed by atoms with E-state index in [4.69, 9.17) is 5.11 Å². The summed E-state index contributed by atoms with van der Waals surface area (Å²) in [6.07, 6.45) is 0.510. The fourth-order valence-electron chi connectivity index (χ4n) is 2.29. The maximum absolute atomic E-state index is 12.0. The average molecular weight is 333 g/mol. The fraction of sp³-hybridized carbons (Fsp3) is 0.538. The van der Waals surface area contributed by atoms with Gasteiger partial charge >= 0.3 is 0 Å². The molecule has 0 radical (unpaired) electrons. The highest BCUT2D eigenvalue weighted by molar-refractivity contribution is 7.91. The van der Waals surface area contributed by atoms with Crippen LogP contribution < -0.4 is 4.72 Å². The van der Waals surface area contributed by atoms with Gasteiger partial charge in [0.15, 0.2) is 9.84 Å². The highest BCUT2D eigenvalue weighted by Gasteiger charge is 2.28. The summed E-state index contributed by atoms with van der Waals surface area (Å²) in [7, 11) is -6.47. The summed E-state index contributed by atoms with van der Waals surface area (Å²) < 4.78 is 49.0. The predicted octanol–water partition coefficient (Wildman–Crippen LogP) is 0.0330. The second kappa shape index (κ2) is 6.43. The van der Waals surface area contributed by atoms with E-state index in [1.54, 1.807) is 24.3 Å². The zero-order chi connectivity index (χ0) is 15.5. The Morgan fingerprint density at radius 2 is 1.81 bits per heavy atom. The predicted molar refractivity (Wildman–Crippen MR) is 79.8 cm³/mol. The van der Waals surface area contributed by atoms with Crippen molar-refractivity contribution in [2.75, 3.05) is 18.1 Å². The maximum Gasteiger partial charge on any atom is 0.215 e. The van der Waals surface area contributed by atoms with Gasteiger partial charge in [-0.15, -0.1) is 0 Å². The number of aliphatic hydroxyl groups excluding tert-OH is 1. The second-order valence-corrected chi connectivity index (χ2v) is 9.39. The molecule has 1 fully saturated rings. The molecule has 21 heavy (non-hydrogen) atoms. The van der Waals surface area contributed by atoms with Crippen LogP contribution in [-0.4, -0.2) is 40.0 Å². The molecule has 1 heterocycles. The first-order valence-corrected chi connectivity index (χ1v) is 10.1. The van der Waals surface area contributed by atoms with E-state index in [0.29, 0.717) is 12.0 Å². The molecule has 118 valence electrons. The molecule has 0 bridgehead atoms. The lowest BCUT2D eigenvalue weighted by Gasteiger charge is -2.10. The molecule has 2 N–H and O–H groups in total. The Labute approximate surface area is 125 Å². The van der Waals surface area contributed by atoms with Gasteiger partial charge in [0.2, 0.25) is 10.0 Å². The van der Waals surface area contributed by atoms with E-state index in [1.807, 2.05) is 0 Å². The second-order valence-electron chi connectivity index (χ2n) is 5.35. The lowest BCUT2D eigenvalue weighted by atomic mass is 10.1. The number of sulfonamides is 1. The van der Waals surface area contributed by atoms with Crippen LogP contribution in [0.1, 0.15) is 17.5 Å².